The first kappa shape index (κ1) is 15.7. The minimum atomic E-state index is 0.406. The van der Waals surface area contributed by atoms with E-state index in [9.17, 15) is 0 Å². The molecule has 3 fully saturated rings. The summed E-state index contributed by atoms with van der Waals surface area (Å²) in [6, 6.07) is 0. The van der Waals surface area contributed by atoms with Gasteiger partial charge < -0.3 is 4.90 Å². The van der Waals surface area contributed by atoms with Crippen molar-refractivity contribution in [3.63, 3.8) is 0 Å². The minimum Gasteiger partial charge on any atom is -0.303 e. The number of likely N-dealkylation sites (tertiary alicyclic amines) is 1. The SMILES string of the molecule is C[C@]12C=CCCC1=CC[C@H]1[C@@H]3CCC[C@@]3(CN3CCCC3)CC[C@@H]12. The standard InChI is InChI=1S/C23H35N/c1-22-12-3-2-7-18(22)9-10-19-20(22)11-14-23(13-6-8-21(19)23)17-24-15-4-5-16-24/h3,9,12,19-21H,2,4-8,10-11,13-17H2,1H3/t19-,20+,21+,22+,23+/m1/s1. The number of hydrogen-bond acceptors (Lipinski definition) is 1. The van der Waals surface area contributed by atoms with E-state index in [1.807, 2.05) is 0 Å². The molecule has 0 aromatic heterocycles. The second-order valence-corrected chi connectivity index (χ2v) is 9.84. The van der Waals surface area contributed by atoms with Crippen LogP contribution >= 0.6 is 0 Å². The van der Waals surface area contributed by atoms with E-state index < -0.39 is 0 Å². The smallest absolute Gasteiger partial charge is 0.00936 e. The van der Waals surface area contributed by atoms with Gasteiger partial charge in [0.2, 0.25) is 0 Å². The normalized spacial score (nSPS) is 47.9. The molecule has 1 nitrogen and oxygen atoms in total. The third-order valence-electron chi connectivity index (χ3n) is 8.84. The third kappa shape index (κ3) is 2.23. The Balaban J connectivity index is 1.44. The Morgan fingerprint density at radius 2 is 1.96 bits per heavy atom. The zero-order valence-corrected chi connectivity index (χ0v) is 15.6. The fourth-order valence-electron chi connectivity index (χ4n) is 7.72. The predicted molar refractivity (Wildman–Crippen MR) is 101 cm³/mol. The van der Waals surface area contributed by atoms with Crippen molar-refractivity contribution in [3.05, 3.63) is 23.8 Å². The highest BCUT2D eigenvalue weighted by molar-refractivity contribution is 5.31. The van der Waals surface area contributed by atoms with Crippen LogP contribution in [0, 0.1) is 28.6 Å². The molecule has 132 valence electrons. The van der Waals surface area contributed by atoms with Crippen LogP contribution in [0.2, 0.25) is 0 Å². The molecule has 2 saturated carbocycles. The van der Waals surface area contributed by atoms with E-state index in [4.69, 9.17) is 0 Å². The van der Waals surface area contributed by atoms with Crippen molar-refractivity contribution in [1.29, 1.82) is 0 Å². The Morgan fingerprint density at radius 1 is 1.08 bits per heavy atom. The Hall–Kier alpha value is -0.560. The van der Waals surface area contributed by atoms with Crippen molar-refractivity contribution < 1.29 is 0 Å². The largest absolute Gasteiger partial charge is 0.303 e. The van der Waals surface area contributed by atoms with E-state index in [1.165, 1.54) is 83.8 Å². The number of nitrogens with zero attached hydrogens (tertiary/aromatic N) is 1. The van der Waals surface area contributed by atoms with Crippen molar-refractivity contribution in [2.75, 3.05) is 19.6 Å². The summed E-state index contributed by atoms with van der Waals surface area (Å²) in [7, 11) is 0. The van der Waals surface area contributed by atoms with Gasteiger partial charge in [-0.3, -0.25) is 0 Å². The molecule has 0 radical (unpaired) electrons. The number of allylic oxidation sites excluding steroid dienone is 4. The van der Waals surface area contributed by atoms with E-state index in [1.54, 1.807) is 5.57 Å². The molecule has 5 aliphatic rings. The molecule has 1 heterocycles. The topological polar surface area (TPSA) is 3.24 Å². The van der Waals surface area contributed by atoms with Crippen LogP contribution in [-0.4, -0.2) is 24.5 Å². The average Bonchev–Trinajstić information content (AvgIpc) is 3.24. The molecule has 0 aromatic rings. The Bertz CT molecular complexity index is 554. The van der Waals surface area contributed by atoms with Crippen LogP contribution in [0.25, 0.3) is 0 Å². The molecule has 5 atom stereocenters. The lowest BCUT2D eigenvalue weighted by atomic mass is 9.49. The van der Waals surface area contributed by atoms with E-state index in [-0.39, 0.29) is 0 Å². The van der Waals surface area contributed by atoms with Gasteiger partial charge in [0.1, 0.15) is 0 Å². The summed E-state index contributed by atoms with van der Waals surface area (Å²) in [6.07, 6.45) is 22.3. The first-order chi connectivity index (χ1) is 11.7. The molecule has 1 saturated heterocycles. The van der Waals surface area contributed by atoms with E-state index >= 15 is 0 Å². The fourth-order valence-corrected chi connectivity index (χ4v) is 7.72. The number of hydrogen-bond donors (Lipinski definition) is 0. The molecule has 0 bridgehead atoms. The molecular weight excluding hydrogens is 290 g/mol. The molecule has 4 aliphatic carbocycles. The lowest BCUT2D eigenvalue weighted by Crippen LogP contribution is -2.51. The fraction of sp³-hybridized carbons (Fsp3) is 0.826. The highest BCUT2D eigenvalue weighted by atomic mass is 15.1. The average molecular weight is 326 g/mol. The van der Waals surface area contributed by atoms with E-state index in [2.05, 4.69) is 30.1 Å². The molecule has 0 spiro atoms. The van der Waals surface area contributed by atoms with Gasteiger partial charge in [0.15, 0.2) is 0 Å². The van der Waals surface area contributed by atoms with Crippen LogP contribution in [-0.2, 0) is 0 Å². The maximum Gasteiger partial charge on any atom is 0.00936 e. The summed E-state index contributed by atoms with van der Waals surface area (Å²) < 4.78 is 0. The summed E-state index contributed by atoms with van der Waals surface area (Å²) in [4.78, 5) is 2.82. The zero-order valence-electron chi connectivity index (χ0n) is 15.6. The number of fused-ring (bicyclic) bond motifs is 5. The summed E-state index contributed by atoms with van der Waals surface area (Å²) >= 11 is 0. The highest BCUT2D eigenvalue weighted by Crippen LogP contribution is 2.64. The molecule has 0 N–H and O–H groups in total. The molecule has 1 heteroatoms. The van der Waals surface area contributed by atoms with Crippen LogP contribution in [0.3, 0.4) is 0 Å². The van der Waals surface area contributed by atoms with Crippen LogP contribution < -0.4 is 0 Å². The summed E-state index contributed by atoms with van der Waals surface area (Å²) in [6.45, 7) is 6.78. The van der Waals surface area contributed by atoms with Crippen LogP contribution in [0.5, 0.6) is 0 Å². The van der Waals surface area contributed by atoms with Gasteiger partial charge in [-0.2, -0.15) is 0 Å². The van der Waals surface area contributed by atoms with Crippen molar-refractivity contribution in [3.8, 4) is 0 Å². The van der Waals surface area contributed by atoms with Crippen LogP contribution in [0.1, 0.15) is 71.1 Å². The van der Waals surface area contributed by atoms with Crippen molar-refractivity contribution >= 4 is 0 Å². The lowest BCUT2D eigenvalue weighted by Gasteiger charge is -2.56. The molecule has 0 amide bonds. The monoisotopic (exact) mass is 325 g/mol. The highest BCUT2D eigenvalue weighted by Gasteiger charge is 2.56. The van der Waals surface area contributed by atoms with E-state index in [0.29, 0.717) is 10.8 Å². The van der Waals surface area contributed by atoms with Gasteiger partial charge >= 0.3 is 0 Å². The molecule has 0 unspecified atom stereocenters. The molecular formula is C23H35N. The van der Waals surface area contributed by atoms with Gasteiger partial charge in [0, 0.05) is 12.0 Å². The molecule has 0 aromatic carbocycles. The lowest BCUT2D eigenvalue weighted by molar-refractivity contribution is -0.0284. The van der Waals surface area contributed by atoms with Gasteiger partial charge in [0.25, 0.3) is 0 Å². The second kappa shape index (κ2) is 5.73. The van der Waals surface area contributed by atoms with Gasteiger partial charge in [-0.25, -0.2) is 0 Å². The summed E-state index contributed by atoms with van der Waals surface area (Å²) in [5, 5.41) is 0. The minimum absolute atomic E-state index is 0.406. The van der Waals surface area contributed by atoms with Gasteiger partial charge in [-0.1, -0.05) is 37.1 Å². The first-order valence-corrected chi connectivity index (χ1v) is 10.8. The molecule has 5 rings (SSSR count). The van der Waals surface area contributed by atoms with Crippen molar-refractivity contribution in [2.24, 2.45) is 28.6 Å². The van der Waals surface area contributed by atoms with Crippen LogP contribution in [0.4, 0.5) is 0 Å². The second-order valence-electron chi connectivity index (χ2n) is 9.84. The zero-order chi connectivity index (χ0) is 16.2. The van der Waals surface area contributed by atoms with E-state index in [0.717, 1.165) is 17.8 Å². The molecule has 1 aliphatic heterocycles. The summed E-state index contributed by atoms with van der Waals surface area (Å²) in [5.41, 5.74) is 2.88. The number of rotatable bonds is 2. The Morgan fingerprint density at radius 3 is 2.83 bits per heavy atom. The van der Waals surface area contributed by atoms with Gasteiger partial charge in [0.05, 0.1) is 0 Å². The Kier molecular flexibility index (Phi) is 3.74. The first-order valence-electron chi connectivity index (χ1n) is 10.8. The predicted octanol–water partition coefficient (Wildman–Crippen LogP) is 5.58. The summed E-state index contributed by atoms with van der Waals surface area (Å²) in [5.74, 6) is 2.92. The van der Waals surface area contributed by atoms with Gasteiger partial charge in [-0.15, -0.1) is 0 Å². The quantitative estimate of drug-likeness (QED) is 0.599. The third-order valence-corrected chi connectivity index (χ3v) is 8.84. The van der Waals surface area contributed by atoms with Crippen molar-refractivity contribution in [2.45, 2.75) is 71.1 Å². The van der Waals surface area contributed by atoms with Crippen LogP contribution in [0.15, 0.2) is 23.8 Å². The maximum absolute atomic E-state index is 2.82. The van der Waals surface area contributed by atoms with Gasteiger partial charge in [-0.05, 0) is 94.0 Å². The van der Waals surface area contributed by atoms with Crippen molar-refractivity contribution in [1.82, 2.24) is 4.90 Å². The maximum atomic E-state index is 2.82. The Labute approximate surface area is 148 Å². The molecule has 24 heavy (non-hydrogen) atoms.